The number of ether oxygens (including phenoxy) is 1. The fourth-order valence-electron chi connectivity index (χ4n) is 2.27. The van der Waals surface area contributed by atoms with Gasteiger partial charge in [-0.05, 0) is 24.6 Å². The second kappa shape index (κ2) is 5.50. The number of Topliss-reactive ketones (excluding diaryl/α,β-unsaturated/α-hetero) is 1. The first-order valence-electron chi connectivity index (χ1n) is 6.36. The van der Waals surface area contributed by atoms with Crippen LogP contribution in [-0.4, -0.2) is 29.2 Å². The Kier molecular flexibility index (Phi) is 3.69. The highest BCUT2D eigenvalue weighted by atomic mass is 32.2. The van der Waals surface area contributed by atoms with Crippen LogP contribution in [0.1, 0.15) is 12.5 Å². The first-order chi connectivity index (χ1) is 10.1. The fraction of sp³-hybridized carbons (Fsp3) is 0.214. The molecule has 0 unspecified atom stereocenters. The SMILES string of the molecule is CC(=O)C(=C1SC(=S)NC1=O)c1ccc2c(c1)NCCO2. The number of nitrogens with one attached hydrogen (secondary N) is 2. The predicted octanol–water partition coefficient (Wildman–Crippen LogP) is 1.94. The summed E-state index contributed by atoms with van der Waals surface area (Å²) in [4.78, 5) is 24.3. The quantitative estimate of drug-likeness (QED) is 0.641. The van der Waals surface area contributed by atoms with Gasteiger partial charge < -0.3 is 15.4 Å². The molecule has 2 heterocycles. The Balaban J connectivity index is 2.11. The Bertz CT molecular complexity index is 697. The number of amides is 1. The average molecular weight is 320 g/mol. The Labute approximate surface area is 131 Å². The highest BCUT2D eigenvalue weighted by Gasteiger charge is 2.29. The van der Waals surface area contributed by atoms with Crippen molar-refractivity contribution in [2.75, 3.05) is 18.5 Å². The van der Waals surface area contributed by atoms with Crippen molar-refractivity contribution in [3.63, 3.8) is 0 Å². The number of thiocarbonyl (C=S) groups is 1. The van der Waals surface area contributed by atoms with Gasteiger partial charge in [0, 0.05) is 12.1 Å². The molecule has 2 aliphatic rings. The van der Waals surface area contributed by atoms with Crippen LogP contribution in [0.2, 0.25) is 0 Å². The first-order valence-corrected chi connectivity index (χ1v) is 7.58. The summed E-state index contributed by atoms with van der Waals surface area (Å²) in [5, 5.41) is 5.75. The topological polar surface area (TPSA) is 67.4 Å². The molecule has 1 aromatic rings. The molecule has 0 spiro atoms. The van der Waals surface area contributed by atoms with E-state index in [1.54, 1.807) is 12.1 Å². The minimum Gasteiger partial charge on any atom is -0.490 e. The number of allylic oxidation sites excluding steroid dienone is 1. The monoisotopic (exact) mass is 320 g/mol. The van der Waals surface area contributed by atoms with Crippen LogP contribution in [0.3, 0.4) is 0 Å². The van der Waals surface area contributed by atoms with Crippen LogP contribution in [0.25, 0.3) is 5.57 Å². The van der Waals surface area contributed by atoms with Crippen molar-refractivity contribution < 1.29 is 14.3 Å². The van der Waals surface area contributed by atoms with Crippen LogP contribution in [-0.2, 0) is 9.59 Å². The number of benzene rings is 1. The van der Waals surface area contributed by atoms with Crippen molar-refractivity contribution >= 4 is 51.3 Å². The van der Waals surface area contributed by atoms with E-state index in [9.17, 15) is 9.59 Å². The number of thioether (sulfide) groups is 1. The lowest BCUT2D eigenvalue weighted by Crippen LogP contribution is -2.19. The molecule has 21 heavy (non-hydrogen) atoms. The lowest BCUT2D eigenvalue weighted by Gasteiger charge is -2.20. The standard InChI is InChI=1S/C14H12N2O3S2/c1-7(17)11(12-13(18)16-14(20)21-12)8-2-3-10-9(6-8)15-4-5-19-10/h2-3,6,15H,4-5H2,1H3,(H,16,18,20). The minimum absolute atomic E-state index is 0.172. The number of rotatable bonds is 2. The molecule has 0 saturated carbocycles. The van der Waals surface area contributed by atoms with Crippen LogP contribution in [0.5, 0.6) is 5.75 Å². The van der Waals surface area contributed by atoms with Gasteiger partial charge in [0.15, 0.2) is 5.78 Å². The molecule has 2 aliphatic heterocycles. The molecule has 1 fully saturated rings. The van der Waals surface area contributed by atoms with Gasteiger partial charge in [0.25, 0.3) is 5.91 Å². The number of carbonyl (C=O) groups excluding carboxylic acids is 2. The van der Waals surface area contributed by atoms with E-state index >= 15 is 0 Å². The summed E-state index contributed by atoms with van der Waals surface area (Å²) in [7, 11) is 0. The predicted molar refractivity (Wildman–Crippen MR) is 86.4 cm³/mol. The smallest absolute Gasteiger partial charge is 0.264 e. The minimum atomic E-state index is -0.322. The summed E-state index contributed by atoms with van der Waals surface area (Å²) in [5.41, 5.74) is 1.89. The molecular formula is C14H12N2O3S2. The third-order valence-electron chi connectivity index (χ3n) is 3.14. The Morgan fingerprint density at radius 3 is 2.90 bits per heavy atom. The lowest BCUT2D eigenvalue weighted by atomic mass is 10.0. The van der Waals surface area contributed by atoms with E-state index in [0.717, 1.165) is 23.2 Å². The third kappa shape index (κ3) is 2.66. The largest absolute Gasteiger partial charge is 0.490 e. The normalized spacial score (nSPS) is 19.3. The maximum absolute atomic E-state index is 12.0. The molecule has 1 amide bonds. The Hall–Kier alpha value is -1.86. The van der Waals surface area contributed by atoms with Crippen molar-refractivity contribution in [3.05, 3.63) is 28.7 Å². The van der Waals surface area contributed by atoms with E-state index < -0.39 is 0 Å². The van der Waals surface area contributed by atoms with Crippen molar-refractivity contribution in [2.45, 2.75) is 6.92 Å². The first kappa shape index (κ1) is 14.1. The van der Waals surface area contributed by atoms with Gasteiger partial charge in [-0.25, -0.2) is 0 Å². The maximum Gasteiger partial charge on any atom is 0.264 e. The summed E-state index contributed by atoms with van der Waals surface area (Å²) in [6, 6.07) is 5.41. The van der Waals surface area contributed by atoms with Crippen LogP contribution in [0, 0.1) is 0 Å². The Morgan fingerprint density at radius 2 is 2.24 bits per heavy atom. The van der Waals surface area contributed by atoms with E-state index in [1.165, 1.54) is 6.92 Å². The van der Waals surface area contributed by atoms with Crippen molar-refractivity contribution in [3.8, 4) is 5.75 Å². The second-order valence-corrected chi connectivity index (χ2v) is 6.28. The molecule has 0 aromatic heterocycles. The van der Waals surface area contributed by atoms with Crippen molar-refractivity contribution in [1.82, 2.24) is 5.32 Å². The molecule has 108 valence electrons. The number of hydrogen-bond acceptors (Lipinski definition) is 6. The molecule has 0 atom stereocenters. The van der Waals surface area contributed by atoms with Gasteiger partial charge in [-0.3, -0.25) is 9.59 Å². The van der Waals surface area contributed by atoms with Gasteiger partial charge in [0.2, 0.25) is 0 Å². The molecule has 1 aromatic carbocycles. The van der Waals surface area contributed by atoms with Gasteiger partial charge in [-0.1, -0.05) is 30.0 Å². The Morgan fingerprint density at radius 1 is 1.43 bits per heavy atom. The van der Waals surface area contributed by atoms with E-state index in [4.69, 9.17) is 17.0 Å². The molecule has 0 radical (unpaired) electrons. The van der Waals surface area contributed by atoms with E-state index in [2.05, 4.69) is 10.6 Å². The van der Waals surface area contributed by atoms with Gasteiger partial charge in [-0.15, -0.1) is 0 Å². The summed E-state index contributed by atoms with van der Waals surface area (Å²) < 4.78 is 5.88. The molecule has 5 nitrogen and oxygen atoms in total. The number of carbonyl (C=O) groups is 2. The van der Waals surface area contributed by atoms with Crippen LogP contribution in [0.4, 0.5) is 5.69 Å². The van der Waals surface area contributed by atoms with Gasteiger partial charge in [-0.2, -0.15) is 0 Å². The molecule has 3 rings (SSSR count). The molecule has 7 heteroatoms. The second-order valence-electron chi connectivity index (χ2n) is 4.59. The molecule has 0 bridgehead atoms. The van der Waals surface area contributed by atoms with E-state index in [-0.39, 0.29) is 11.7 Å². The number of ketones is 1. The molecule has 2 N–H and O–H groups in total. The van der Waals surface area contributed by atoms with Crippen molar-refractivity contribution in [1.29, 1.82) is 0 Å². The fourth-order valence-corrected chi connectivity index (χ4v) is 3.45. The van der Waals surface area contributed by atoms with Crippen molar-refractivity contribution in [2.24, 2.45) is 0 Å². The number of anilines is 1. The summed E-state index contributed by atoms with van der Waals surface area (Å²) in [6.45, 7) is 2.77. The summed E-state index contributed by atoms with van der Waals surface area (Å²) in [5.74, 6) is 0.253. The molecule has 0 aliphatic carbocycles. The zero-order valence-electron chi connectivity index (χ0n) is 11.2. The maximum atomic E-state index is 12.0. The van der Waals surface area contributed by atoms with E-state index in [0.29, 0.717) is 33.5 Å². The summed E-state index contributed by atoms with van der Waals surface area (Å²) >= 11 is 6.10. The number of hydrogen-bond donors (Lipinski definition) is 2. The third-order valence-corrected chi connectivity index (χ3v) is 4.37. The van der Waals surface area contributed by atoms with Gasteiger partial charge in [0.1, 0.15) is 16.7 Å². The lowest BCUT2D eigenvalue weighted by molar-refractivity contribution is -0.116. The van der Waals surface area contributed by atoms with Crippen LogP contribution < -0.4 is 15.4 Å². The highest BCUT2D eigenvalue weighted by Crippen LogP contribution is 2.36. The van der Waals surface area contributed by atoms with E-state index in [1.807, 2.05) is 6.07 Å². The zero-order valence-corrected chi connectivity index (χ0v) is 12.8. The highest BCUT2D eigenvalue weighted by molar-refractivity contribution is 8.27. The summed E-state index contributed by atoms with van der Waals surface area (Å²) in [6.07, 6.45) is 0. The molecular weight excluding hydrogens is 308 g/mol. The van der Waals surface area contributed by atoms with Gasteiger partial charge in [0.05, 0.1) is 10.6 Å². The average Bonchev–Trinajstić information content (AvgIpc) is 2.77. The van der Waals surface area contributed by atoms with Gasteiger partial charge >= 0.3 is 0 Å². The van der Waals surface area contributed by atoms with Crippen LogP contribution >= 0.6 is 24.0 Å². The number of fused-ring (bicyclic) bond motifs is 1. The molecule has 1 saturated heterocycles. The zero-order chi connectivity index (χ0) is 15.0. The van der Waals surface area contributed by atoms with Crippen LogP contribution in [0.15, 0.2) is 23.1 Å².